The van der Waals surface area contributed by atoms with Crippen LogP contribution in [0.4, 0.5) is 0 Å². The van der Waals surface area contributed by atoms with Crippen LogP contribution in [0.25, 0.3) is 21.8 Å². The number of aryl methyl sites for hydroxylation is 1. The van der Waals surface area contributed by atoms with Crippen molar-refractivity contribution in [2.24, 2.45) is 11.8 Å². The van der Waals surface area contributed by atoms with Crippen LogP contribution in [0.3, 0.4) is 0 Å². The number of para-hydroxylation sites is 1. The van der Waals surface area contributed by atoms with Crippen LogP contribution >= 0.6 is 11.8 Å². The number of Topliss-reactive ketones (excluding diaryl/α,β-unsaturated/α-hetero) is 1. The van der Waals surface area contributed by atoms with E-state index in [0.29, 0.717) is 52.1 Å². The number of aromatic nitrogens is 3. The van der Waals surface area contributed by atoms with Crippen LogP contribution in [0.5, 0.6) is 0 Å². The summed E-state index contributed by atoms with van der Waals surface area (Å²) >= 11 is 1.27. The van der Waals surface area contributed by atoms with E-state index in [1.807, 2.05) is 45.0 Å². The number of nitrogens with one attached hydrogen (secondary N) is 2. The molecule has 0 fully saturated rings. The smallest absolute Gasteiger partial charge is 0.262 e. The number of ketones is 1. The van der Waals surface area contributed by atoms with E-state index in [-0.39, 0.29) is 23.0 Å². The molecule has 4 rings (SSSR count). The number of aromatic amines is 1. The summed E-state index contributed by atoms with van der Waals surface area (Å²) in [6.45, 7) is 11.3. The van der Waals surface area contributed by atoms with Crippen molar-refractivity contribution in [2.75, 3.05) is 12.3 Å². The molecular formula is C29H34N4O3S. The summed E-state index contributed by atoms with van der Waals surface area (Å²) in [5, 5.41) is 4.76. The Balaban J connectivity index is 1.68. The Labute approximate surface area is 221 Å². The summed E-state index contributed by atoms with van der Waals surface area (Å²) in [5.41, 5.74) is 3.19. The zero-order chi connectivity index (χ0) is 26.7. The van der Waals surface area contributed by atoms with Crippen molar-refractivity contribution >= 4 is 45.3 Å². The number of thioether (sulfide) groups is 1. The van der Waals surface area contributed by atoms with Crippen LogP contribution in [0, 0.1) is 18.8 Å². The maximum Gasteiger partial charge on any atom is 0.262 e. The van der Waals surface area contributed by atoms with Crippen molar-refractivity contribution in [3.8, 4) is 0 Å². The van der Waals surface area contributed by atoms with E-state index >= 15 is 0 Å². The molecule has 0 spiro atoms. The number of carbonyl (C=O) groups excluding carboxylic acids is 2. The molecule has 2 N–H and O–H groups in total. The highest BCUT2D eigenvalue weighted by Gasteiger charge is 2.19. The average molecular weight is 519 g/mol. The number of benzene rings is 2. The third-order valence-corrected chi connectivity index (χ3v) is 7.26. The fourth-order valence-corrected chi connectivity index (χ4v) is 5.17. The van der Waals surface area contributed by atoms with Gasteiger partial charge in [0.15, 0.2) is 10.9 Å². The SMILES string of the molecule is Cc1[nH]c2ccccc2c1C(=O)CSc1nc2cc(C(=O)NCC(C)C)ccc2c(=O)n1CCC(C)C. The highest BCUT2D eigenvalue weighted by Crippen LogP contribution is 2.26. The first-order chi connectivity index (χ1) is 17.7. The van der Waals surface area contributed by atoms with E-state index in [2.05, 4.69) is 24.1 Å². The number of hydrogen-bond donors (Lipinski definition) is 2. The molecule has 0 saturated carbocycles. The number of fused-ring (bicyclic) bond motifs is 2. The van der Waals surface area contributed by atoms with Gasteiger partial charge >= 0.3 is 0 Å². The van der Waals surface area contributed by atoms with E-state index in [1.54, 1.807) is 22.8 Å². The largest absolute Gasteiger partial charge is 0.358 e. The van der Waals surface area contributed by atoms with Gasteiger partial charge in [-0.25, -0.2) is 4.98 Å². The van der Waals surface area contributed by atoms with Crippen molar-refractivity contribution in [3.63, 3.8) is 0 Å². The molecule has 0 atom stereocenters. The van der Waals surface area contributed by atoms with Gasteiger partial charge < -0.3 is 10.3 Å². The van der Waals surface area contributed by atoms with E-state index in [0.717, 1.165) is 23.0 Å². The first-order valence-electron chi connectivity index (χ1n) is 12.7. The number of rotatable bonds is 10. The second kappa shape index (κ2) is 11.3. The predicted molar refractivity (Wildman–Crippen MR) is 151 cm³/mol. The Morgan fingerprint density at radius 2 is 1.81 bits per heavy atom. The fourth-order valence-electron chi connectivity index (χ4n) is 4.27. The third kappa shape index (κ3) is 5.96. The van der Waals surface area contributed by atoms with Gasteiger partial charge in [0.1, 0.15) is 0 Å². The Bertz CT molecular complexity index is 1520. The molecule has 37 heavy (non-hydrogen) atoms. The molecule has 0 unspecified atom stereocenters. The molecule has 2 heterocycles. The van der Waals surface area contributed by atoms with Crippen LogP contribution in [-0.2, 0) is 6.54 Å². The van der Waals surface area contributed by atoms with Crippen molar-refractivity contribution in [1.82, 2.24) is 19.9 Å². The molecule has 7 nitrogen and oxygen atoms in total. The van der Waals surface area contributed by atoms with Gasteiger partial charge in [-0.05, 0) is 49.4 Å². The zero-order valence-electron chi connectivity index (χ0n) is 22.1. The van der Waals surface area contributed by atoms with Crippen LogP contribution in [0.2, 0.25) is 0 Å². The lowest BCUT2D eigenvalue weighted by molar-refractivity contribution is 0.0948. The highest BCUT2D eigenvalue weighted by molar-refractivity contribution is 7.99. The quantitative estimate of drug-likeness (QED) is 0.162. The molecule has 4 aromatic rings. The normalized spacial score (nSPS) is 11.6. The topological polar surface area (TPSA) is 96.8 Å². The molecule has 194 valence electrons. The second-order valence-corrected chi connectivity index (χ2v) is 11.2. The lowest BCUT2D eigenvalue weighted by atomic mass is 10.1. The summed E-state index contributed by atoms with van der Waals surface area (Å²) in [4.78, 5) is 47.5. The minimum Gasteiger partial charge on any atom is -0.358 e. The molecule has 1 amide bonds. The maximum atomic E-state index is 13.5. The minimum atomic E-state index is -0.194. The van der Waals surface area contributed by atoms with Crippen molar-refractivity contribution in [2.45, 2.75) is 52.7 Å². The molecule has 8 heteroatoms. The zero-order valence-corrected chi connectivity index (χ0v) is 22.9. The van der Waals surface area contributed by atoms with Crippen molar-refractivity contribution < 1.29 is 9.59 Å². The van der Waals surface area contributed by atoms with Crippen LogP contribution in [-0.4, -0.2) is 38.5 Å². The Kier molecular flexibility index (Phi) is 8.17. The van der Waals surface area contributed by atoms with Gasteiger partial charge in [-0.2, -0.15) is 0 Å². The van der Waals surface area contributed by atoms with Gasteiger partial charge in [-0.1, -0.05) is 57.7 Å². The molecule has 0 aliphatic heterocycles. The first-order valence-corrected chi connectivity index (χ1v) is 13.7. The Morgan fingerprint density at radius 3 is 2.54 bits per heavy atom. The first kappa shape index (κ1) is 26.7. The summed E-state index contributed by atoms with van der Waals surface area (Å²) in [7, 11) is 0. The van der Waals surface area contributed by atoms with E-state index in [9.17, 15) is 14.4 Å². The maximum absolute atomic E-state index is 13.5. The molecule has 0 radical (unpaired) electrons. The summed E-state index contributed by atoms with van der Waals surface area (Å²) in [5.74, 6) is 0.670. The lowest BCUT2D eigenvalue weighted by Gasteiger charge is -2.15. The van der Waals surface area contributed by atoms with Gasteiger partial charge in [0.25, 0.3) is 11.5 Å². The summed E-state index contributed by atoms with van der Waals surface area (Å²) < 4.78 is 1.67. The van der Waals surface area contributed by atoms with E-state index in [4.69, 9.17) is 4.98 Å². The Hall–Kier alpha value is -3.39. The standard InChI is InChI=1S/C29H34N4O3S/c1-17(2)12-13-33-28(36)22-11-10-20(27(35)30-15-18(3)4)14-24(22)32-29(33)37-16-25(34)26-19(5)31-23-9-7-6-8-21(23)26/h6-11,14,17-18,31H,12-13,15-16H2,1-5H3,(H,30,35). The molecule has 0 saturated heterocycles. The monoisotopic (exact) mass is 518 g/mol. The van der Waals surface area contributed by atoms with Crippen LogP contribution in [0.15, 0.2) is 52.4 Å². The second-order valence-electron chi connectivity index (χ2n) is 10.3. The van der Waals surface area contributed by atoms with Gasteiger partial charge in [-0.15, -0.1) is 0 Å². The summed E-state index contributed by atoms with van der Waals surface area (Å²) in [6, 6.07) is 12.8. The molecule has 2 aromatic carbocycles. The third-order valence-electron chi connectivity index (χ3n) is 6.29. The fraction of sp³-hybridized carbons (Fsp3) is 0.379. The molecule has 2 aromatic heterocycles. The van der Waals surface area contributed by atoms with Crippen LogP contribution < -0.4 is 10.9 Å². The van der Waals surface area contributed by atoms with Crippen LogP contribution in [0.1, 0.15) is 60.5 Å². The molecule has 0 bridgehead atoms. The molecule has 0 aliphatic carbocycles. The number of carbonyl (C=O) groups is 2. The number of H-pyrrole nitrogens is 1. The highest BCUT2D eigenvalue weighted by atomic mass is 32.2. The minimum absolute atomic E-state index is 0.0217. The number of hydrogen-bond acceptors (Lipinski definition) is 5. The molecule has 0 aliphatic rings. The van der Waals surface area contributed by atoms with Gasteiger partial charge in [0.2, 0.25) is 0 Å². The predicted octanol–water partition coefficient (Wildman–Crippen LogP) is 5.59. The van der Waals surface area contributed by atoms with Crippen molar-refractivity contribution in [1.29, 1.82) is 0 Å². The number of nitrogens with zero attached hydrogens (tertiary/aromatic N) is 2. The van der Waals surface area contributed by atoms with Gasteiger partial charge in [0, 0.05) is 40.8 Å². The lowest BCUT2D eigenvalue weighted by Crippen LogP contribution is -2.28. The average Bonchev–Trinajstić information content (AvgIpc) is 3.20. The van der Waals surface area contributed by atoms with Crippen molar-refractivity contribution in [3.05, 3.63) is 69.6 Å². The van der Waals surface area contributed by atoms with E-state index < -0.39 is 0 Å². The summed E-state index contributed by atoms with van der Waals surface area (Å²) in [6.07, 6.45) is 0.811. The molecular weight excluding hydrogens is 484 g/mol. The van der Waals surface area contributed by atoms with Gasteiger partial charge in [-0.3, -0.25) is 19.0 Å². The van der Waals surface area contributed by atoms with Gasteiger partial charge in [0.05, 0.1) is 16.7 Å². The number of amides is 1. The van der Waals surface area contributed by atoms with E-state index in [1.165, 1.54) is 11.8 Å². The Morgan fingerprint density at radius 1 is 1.05 bits per heavy atom.